The summed E-state index contributed by atoms with van der Waals surface area (Å²) in [6.07, 6.45) is 2.99. The highest BCUT2D eigenvalue weighted by atomic mass is 32.1. The van der Waals surface area contributed by atoms with Crippen LogP contribution in [0.25, 0.3) is 0 Å². The van der Waals surface area contributed by atoms with E-state index in [-0.39, 0.29) is 6.03 Å². The van der Waals surface area contributed by atoms with E-state index < -0.39 is 0 Å². The second kappa shape index (κ2) is 8.92. The van der Waals surface area contributed by atoms with Gasteiger partial charge < -0.3 is 10.2 Å². The predicted octanol–water partition coefficient (Wildman–Crippen LogP) is 2.58. The highest BCUT2D eigenvalue weighted by Gasteiger charge is 2.16. The summed E-state index contributed by atoms with van der Waals surface area (Å²) < 4.78 is 0. The van der Waals surface area contributed by atoms with E-state index in [4.69, 9.17) is 0 Å². The van der Waals surface area contributed by atoms with Crippen molar-refractivity contribution in [3.8, 4) is 0 Å². The van der Waals surface area contributed by atoms with Gasteiger partial charge in [0.15, 0.2) is 5.13 Å². The molecule has 0 unspecified atom stereocenters. The monoisotopic (exact) mass is 298 g/mol. The zero-order valence-corrected chi connectivity index (χ0v) is 13.8. The van der Waals surface area contributed by atoms with Crippen molar-refractivity contribution in [2.24, 2.45) is 0 Å². The van der Waals surface area contributed by atoms with Crippen LogP contribution in [-0.2, 0) is 6.42 Å². The first kappa shape index (κ1) is 16.9. The number of aryl methyl sites for hydroxylation is 1. The van der Waals surface area contributed by atoms with Crippen LogP contribution in [0, 0.1) is 0 Å². The van der Waals surface area contributed by atoms with E-state index in [0.717, 1.165) is 36.6 Å². The number of urea groups is 1. The molecule has 1 heterocycles. The lowest BCUT2D eigenvalue weighted by Gasteiger charge is -2.18. The summed E-state index contributed by atoms with van der Waals surface area (Å²) in [4.78, 5) is 20.5. The van der Waals surface area contributed by atoms with E-state index in [1.165, 1.54) is 0 Å². The Labute approximate surface area is 126 Å². The summed E-state index contributed by atoms with van der Waals surface area (Å²) in [6, 6.07) is -0.0523. The minimum atomic E-state index is -0.0523. The summed E-state index contributed by atoms with van der Waals surface area (Å²) in [6.45, 7) is 6.42. The van der Waals surface area contributed by atoms with E-state index >= 15 is 0 Å². The van der Waals surface area contributed by atoms with Crippen LogP contribution < -0.4 is 10.2 Å². The number of hydrogen-bond acceptors (Lipinski definition) is 4. The van der Waals surface area contributed by atoms with Crippen LogP contribution in [0.2, 0.25) is 0 Å². The summed E-state index contributed by atoms with van der Waals surface area (Å²) in [5.41, 5.74) is 1.08. The van der Waals surface area contributed by atoms with Crippen molar-refractivity contribution >= 4 is 22.5 Å². The Kier molecular flexibility index (Phi) is 7.54. The first-order valence-corrected chi connectivity index (χ1v) is 8.10. The van der Waals surface area contributed by atoms with Gasteiger partial charge in [0.1, 0.15) is 0 Å². The Hall–Kier alpha value is -1.14. The Morgan fingerprint density at radius 1 is 1.40 bits per heavy atom. The number of aromatic nitrogens is 1. The normalized spacial score (nSPS) is 10.8. The second-order valence-corrected chi connectivity index (χ2v) is 5.84. The summed E-state index contributed by atoms with van der Waals surface area (Å²) in [5.74, 6) is 0. The average molecular weight is 298 g/mol. The molecular weight excluding hydrogens is 272 g/mol. The number of nitrogens with one attached hydrogen (secondary N) is 1. The fourth-order valence-corrected chi connectivity index (χ4v) is 2.73. The van der Waals surface area contributed by atoms with Crippen LogP contribution >= 0.6 is 11.3 Å². The molecule has 2 amide bonds. The molecule has 0 aliphatic carbocycles. The molecule has 0 bridgehead atoms. The van der Waals surface area contributed by atoms with E-state index in [9.17, 15) is 4.79 Å². The van der Waals surface area contributed by atoms with Gasteiger partial charge in [0.2, 0.25) is 0 Å². The SMILES string of the molecule is CCCNC(=O)N(CC)c1nc(CCCN(C)C)cs1. The lowest BCUT2D eigenvalue weighted by Crippen LogP contribution is -2.40. The number of nitrogens with zero attached hydrogens (tertiary/aromatic N) is 3. The Bertz CT molecular complexity index is 406. The second-order valence-electron chi connectivity index (χ2n) is 5.00. The smallest absolute Gasteiger partial charge is 0.323 e. The van der Waals surface area contributed by atoms with Gasteiger partial charge in [0.05, 0.1) is 5.69 Å². The van der Waals surface area contributed by atoms with Gasteiger partial charge in [-0.1, -0.05) is 6.92 Å². The molecule has 0 saturated heterocycles. The van der Waals surface area contributed by atoms with Gasteiger partial charge in [-0.3, -0.25) is 4.90 Å². The summed E-state index contributed by atoms with van der Waals surface area (Å²) >= 11 is 1.54. The Balaban J connectivity index is 2.56. The molecule has 0 aromatic carbocycles. The number of anilines is 1. The molecule has 1 aromatic heterocycles. The minimum Gasteiger partial charge on any atom is -0.338 e. The van der Waals surface area contributed by atoms with Crippen LogP contribution in [0.1, 0.15) is 32.4 Å². The van der Waals surface area contributed by atoms with Crippen molar-refractivity contribution in [2.45, 2.75) is 33.1 Å². The molecule has 0 atom stereocenters. The van der Waals surface area contributed by atoms with Crippen LogP contribution in [0.4, 0.5) is 9.93 Å². The molecule has 6 heteroatoms. The van der Waals surface area contributed by atoms with Crippen molar-refractivity contribution < 1.29 is 4.79 Å². The maximum Gasteiger partial charge on any atom is 0.323 e. The fourth-order valence-electron chi connectivity index (χ4n) is 1.80. The third-order valence-corrected chi connectivity index (χ3v) is 3.81. The third-order valence-electron chi connectivity index (χ3n) is 2.90. The molecule has 5 nitrogen and oxygen atoms in total. The van der Waals surface area contributed by atoms with Gasteiger partial charge in [-0.25, -0.2) is 9.78 Å². The van der Waals surface area contributed by atoms with Crippen LogP contribution in [-0.4, -0.2) is 49.6 Å². The highest BCUT2D eigenvalue weighted by Crippen LogP contribution is 2.21. The number of amides is 2. The van der Waals surface area contributed by atoms with Crippen molar-refractivity contribution in [3.63, 3.8) is 0 Å². The molecule has 0 fully saturated rings. The Morgan fingerprint density at radius 2 is 2.15 bits per heavy atom. The average Bonchev–Trinajstić information content (AvgIpc) is 2.85. The van der Waals surface area contributed by atoms with Gasteiger partial charge in [-0.15, -0.1) is 11.3 Å². The van der Waals surface area contributed by atoms with Gasteiger partial charge in [0.25, 0.3) is 0 Å². The van der Waals surface area contributed by atoms with E-state index in [2.05, 4.69) is 34.7 Å². The number of carbonyl (C=O) groups excluding carboxylic acids is 1. The van der Waals surface area contributed by atoms with E-state index in [0.29, 0.717) is 13.1 Å². The number of thiazole rings is 1. The molecule has 0 aliphatic rings. The zero-order valence-electron chi connectivity index (χ0n) is 13.0. The van der Waals surface area contributed by atoms with Gasteiger partial charge in [-0.2, -0.15) is 0 Å². The van der Waals surface area contributed by atoms with Crippen molar-refractivity contribution in [1.29, 1.82) is 0 Å². The van der Waals surface area contributed by atoms with Gasteiger partial charge >= 0.3 is 6.03 Å². The van der Waals surface area contributed by atoms with Gasteiger partial charge in [-0.05, 0) is 46.8 Å². The first-order valence-electron chi connectivity index (χ1n) is 7.23. The van der Waals surface area contributed by atoms with Crippen LogP contribution in [0.3, 0.4) is 0 Å². The van der Waals surface area contributed by atoms with Crippen LogP contribution in [0.15, 0.2) is 5.38 Å². The van der Waals surface area contributed by atoms with Crippen molar-refractivity contribution in [3.05, 3.63) is 11.1 Å². The highest BCUT2D eigenvalue weighted by molar-refractivity contribution is 7.14. The Morgan fingerprint density at radius 3 is 2.75 bits per heavy atom. The molecule has 0 saturated carbocycles. The first-order chi connectivity index (χ1) is 9.58. The topological polar surface area (TPSA) is 48.5 Å². The van der Waals surface area contributed by atoms with E-state index in [1.54, 1.807) is 16.2 Å². The van der Waals surface area contributed by atoms with Crippen molar-refractivity contribution in [1.82, 2.24) is 15.2 Å². The maximum absolute atomic E-state index is 12.0. The molecule has 114 valence electrons. The fraction of sp³-hybridized carbons (Fsp3) is 0.714. The molecule has 20 heavy (non-hydrogen) atoms. The molecule has 0 spiro atoms. The number of carbonyl (C=O) groups is 1. The number of rotatable bonds is 8. The molecule has 1 aromatic rings. The summed E-state index contributed by atoms with van der Waals surface area (Å²) in [7, 11) is 4.15. The molecule has 0 radical (unpaired) electrons. The zero-order chi connectivity index (χ0) is 15.0. The summed E-state index contributed by atoms with van der Waals surface area (Å²) in [5, 5.41) is 5.75. The van der Waals surface area contributed by atoms with Gasteiger partial charge in [0, 0.05) is 18.5 Å². The number of hydrogen-bond donors (Lipinski definition) is 1. The third kappa shape index (κ3) is 5.46. The minimum absolute atomic E-state index is 0.0523. The lowest BCUT2D eigenvalue weighted by molar-refractivity contribution is 0.246. The standard InChI is InChI=1S/C14H26N4OS/c1-5-9-15-13(19)18(6-2)14-16-12(11-20-14)8-7-10-17(3)4/h11H,5-10H2,1-4H3,(H,15,19). The molecule has 0 aliphatic heterocycles. The van der Waals surface area contributed by atoms with Crippen molar-refractivity contribution in [2.75, 3.05) is 38.6 Å². The lowest BCUT2D eigenvalue weighted by atomic mass is 10.2. The van der Waals surface area contributed by atoms with E-state index in [1.807, 2.05) is 13.8 Å². The molecular formula is C14H26N4OS. The quantitative estimate of drug-likeness (QED) is 0.802. The largest absolute Gasteiger partial charge is 0.338 e. The maximum atomic E-state index is 12.0. The van der Waals surface area contributed by atoms with Crippen LogP contribution in [0.5, 0.6) is 0 Å². The molecule has 1 N–H and O–H groups in total. The predicted molar refractivity (Wildman–Crippen MR) is 85.7 cm³/mol. The molecule has 1 rings (SSSR count).